The molecule has 2 aromatic heterocycles. The molecule has 4 aromatic rings. The smallest absolute Gasteiger partial charge is 0.257 e. The van der Waals surface area contributed by atoms with Gasteiger partial charge in [0.05, 0.1) is 24.0 Å². The minimum absolute atomic E-state index is 0.222. The van der Waals surface area contributed by atoms with Crippen LogP contribution in [-0.2, 0) is 6.54 Å². The number of pyridine rings is 1. The van der Waals surface area contributed by atoms with Crippen LogP contribution >= 0.6 is 0 Å². The van der Waals surface area contributed by atoms with Crippen LogP contribution in [0.1, 0.15) is 15.9 Å². The van der Waals surface area contributed by atoms with Gasteiger partial charge in [-0.3, -0.25) is 4.79 Å². The Kier molecular flexibility index (Phi) is 4.33. The van der Waals surface area contributed by atoms with Crippen molar-refractivity contribution in [2.45, 2.75) is 6.54 Å². The van der Waals surface area contributed by atoms with Crippen molar-refractivity contribution in [1.29, 1.82) is 0 Å². The molecule has 0 bridgehead atoms. The van der Waals surface area contributed by atoms with Gasteiger partial charge < -0.3 is 5.32 Å². The summed E-state index contributed by atoms with van der Waals surface area (Å²) in [5, 5.41) is 7.35. The number of hydrogen-bond acceptors (Lipinski definition) is 3. The van der Waals surface area contributed by atoms with E-state index in [0.717, 1.165) is 11.6 Å². The normalized spacial score (nSPS) is 10.9. The van der Waals surface area contributed by atoms with E-state index in [0.29, 0.717) is 17.6 Å². The number of anilines is 1. The first-order chi connectivity index (χ1) is 13.1. The molecule has 134 valence electrons. The minimum atomic E-state index is -1.10. The van der Waals surface area contributed by atoms with E-state index in [2.05, 4.69) is 15.4 Å². The van der Waals surface area contributed by atoms with Gasteiger partial charge in [-0.2, -0.15) is 5.10 Å². The van der Waals surface area contributed by atoms with Gasteiger partial charge in [0.15, 0.2) is 17.3 Å². The van der Waals surface area contributed by atoms with Crippen LogP contribution in [0.2, 0.25) is 0 Å². The second-order valence-corrected chi connectivity index (χ2v) is 5.98. The molecule has 0 saturated carbocycles. The maximum Gasteiger partial charge on any atom is 0.257 e. The van der Waals surface area contributed by atoms with Crippen molar-refractivity contribution in [3.63, 3.8) is 0 Å². The number of aromatic nitrogens is 3. The number of rotatable bonds is 4. The molecule has 0 radical (unpaired) electrons. The maximum atomic E-state index is 13.7. The molecule has 0 aliphatic rings. The number of fused-ring (bicyclic) bond motifs is 1. The van der Waals surface area contributed by atoms with Gasteiger partial charge in [0.1, 0.15) is 0 Å². The molecule has 1 amide bonds. The van der Waals surface area contributed by atoms with Gasteiger partial charge in [-0.05, 0) is 23.8 Å². The molecular weight excluding hydrogens is 350 g/mol. The molecule has 7 heteroatoms. The lowest BCUT2D eigenvalue weighted by Crippen LogP contribution is -2.14. The van der Waals surface area contributed by atoms with E-state index in [4.69, 9.17) is 0 Å². The SMILES string of the molecule is O=C(Nc1cccc(F)c1F)c1cnc2c(cnn2Cc2ccccc2)c1. The average Bonchev–Trinajstić information content (AvgIpc) is 3.08. The molecule has 5 nitrogen and oxygen atoms in total. The van der Waals surface area contributed by atoms with Crippen molar-refractivity contribution in [1.82, 2.24) is 14.8 Å². The van der Waals surface area contributed by atoms with Gasteiger partial charge in [0, 0.05) is 11.6 Å². The van der Waals surface area contributed by atoms with E-state index in [-0.39, 0.29) is 11.3 Å². The zero-order valence-electron chi connectivity index (χ0n) is 14.1. The summed E-state index contributed by atoms with van der Waals surface area (Å²) >= 11 is 0. The monoisotopic (exact) mass is 364 g/mol. The van der Waals surface area contributed by atoms with Crippen molar-refractivity contribution in [2.75, 3.05) is 5.32 Å². The summed E-state index contributed by atoms with van der Waals surface area (Å²) in [5.74, 6) is -2.70. The van der Waals surface area contributed by atoms with Crippen molar-refractivity contribution in [3.8, 4) is 0 Å². The second-order valence-electron chi connectivity index (χ2n) is 5.98. The number of carbonyl (C=O) groups is 1. The molecule has 27 heavy (non-hydrogen) atoms. The third-order valence-corrected chi connectivity index (χ3v) is 4.11. The molecule has 2 heterocycles. The highest BCUT2D eigenvalue weighted by Gasteiger charge is 2.14. The fourth-order valence-electron chi connectivity index (χ4n) is 2.76. The van der Waals surface area contributed by atoms with Crippen LogP contribution in [0, 0.1) is 11.6 Å². The Labute approximate surface area is 153 Å². The Morgan fingerprint density at radius 3 is 2.67 bits per heavy atom. The lowest BCUT2D eigenvalue weighted by molar-refractivity contribution is 0.102. The van der Waals surface area contributed by atoms with E-state index in [1.165, 1.54) is 18.3 Å². The largest absolute Gasteiger partial charge is 0.319 e. The standard InChI is InChI=1S/C20H14F2N4O/c21-16-7-4-8-17(18(16)22)25-20(27)15-9-14-11-24-26(19(14)23-10-15)12-13-5-2-1-3-6-13/h1-11H,12H2,(H,25,27). The number of nitrogens with one attached hydrogen (secondary N) is 1. The van der Waals surface area contributed by atoms with Gasteiger partial charge in [-0.25, -0.2) is 18.4 Å². The van der Waals surface area contributed by atoms with Crippen LogP contribution in [0.5, 0.6) is 0 Å². The minimum Gasteiger partial charge on any atom is -0.319 e. The Morgan fingerprint density at radius 2 is 1.85 bits per heavy atom. The van der Waals surface area contributed by atoms with E-state index in [1.54, 1.807) is 16.9 Å². The molecule has 0 atom stereocenters. The molecule has 0 fully saturated rings. The summed E-state index contributed by atoms with van der Waals surface area (Å²) in [6, 6.07) is 15.0. The second kappa shape index (κ2) is 6.95. The Balaban J connectivity index is 1.58. The highest BCUT2D eigenvalue weighted by Crippen LogP contribution is 2.19. The molecule has 0 unspecified atom stereocenters. The zero-order valence-corrected chi connectivity index (χ0v) is 14.1. The van der Waals surface area contributed by atoms with Crippen LogP contribution < -0.4 is 5.32 Å². The molecule has 0 aliphatic heterocycles. The molecule has 2 aromatic carbocycles. The van der Waals surface area contributed by atoms with E-state index >= 15 is 0 Å². The third-order valence-electron chi connectivity index (χ3n) is 4.11. The van der Waals surface area contributed by atoms with Crippen molar-refractivity contribution >= 4 is 22.6 Å². The lowest BCUT2D eigenvalue weighted by atomic mass is 10.2. The Hall–Kier alpha value is -3.61. The van der Waals surface area contributed by atoms with Crippen molar-refractivity contribution < 1.29 is 13.6 Å². The number of hydrogen-bond donors (Lipinski definition) is 1. The van der Waals surface area contributed by atoms with Crippen molar-refractivity contribution in [2.24, 2.45) is 0 Å². The number of carbonyl (C=O) groups excluding carboxylic acids is 1. The molecule has 0 spiro atoms. The lowest BCUT2D eigenvalue weighted by Gasteiger charge is -2.07. The Bertz CT molecular complexity index is 1130. The average molecular weight is 364 g/mol. The van der Waals surface area contributed by atoms with Gasteiger partial charge in [-0.1, -0.05) is 36.4 Å². The highest BCUT2D eigenvalue weighted by atomic mass is 19.2. The molecule has 4 rings (SSSR count). The third kappa shape index (κ3) is 3.39. The summed E-state index contributed by atoms with van der Waals surface area (Å²) in [6.45, 7) is 0.553. The first kappa shape index (κ1) is 16.8. The number of halogens is 2. The first-order valence-electron chi connectivity index (χ1n) is 8.22. The van der Waals surface area contributed by atoms with Gasteiger partial charge >= 0.3 is 0 Å². The van der Waals surface area contributed by atoms with Crippen molar-refractivity contribution in [3.05, 3.63) is 89.8 Å². The number of nitrogens with zero attached hydrogens (tertiary/aromatic N) is 3. The summed E-state index contributed by atoms with van der Waals surface area (Å²) in [5.41, 5.74) is 1.71. The summed E-state index contributed by atoms with van der Waals surface area (Å²) < 4.78 is 28.7. The van der Waals surface area contributed by atoms with Crippen LogP contribution in [0.3, 0.4) is 0 Å². The van der Waals surface area contributed by atoms with E-state index in [9.17, 15) is 13.6 Å². The fraction of sp³-hybridized carbons (Fsp3) is 0.0500. The summed E-state index contributed by atoms with van der Waals surface area (Å²) in [6.07, 6.45) is 3.00. The van der Waals surface area contributed by atoms with Crippen LogP contribution in [0.15, 0.2) is 67.0 Å². The Morgan fingerprint density at radius 1 is 1.04 bits per heavy atom. The van der Waals surface area contributed by atoms with Gasteiger partial charge in [0.2, 0.25) is 0 Å². The zero-order chi connectivity index (χ0) is 18.8. The fourth-order valence-corrected chi connectivity index (χ4v) is 2.76. The van der Waals surface area contributed by atoms with Crippen LogP contribution in [0.25, 0.3) is 11.0 Å². The van der Waals surface area contributed by atoms with Crippen LogP contribution in [0.4, 0.5) is 14.5 Å². The maximum absolute atomic E-state index is 13.7. The summed E-state index contributed by atoms with van der Waals surface area (Å²) in [7, 11) is 0. The highest BCUT2D eigenvalue weighted by molar-refractivity contribution is 6.05. The van der Waals surface area contributed by atoms with Gasteiger partial charge in [-0.15, -0.1) is 0 Å². The summed E-state index contributed by atoms with van der Waals surface area (Å²) in [4.78, 5) is 16.7. The van der Waals surface area contributed by atoms with Crippen LogP contribution in [-0.4, -0.2) is 20.7 Å². The molecule has 0 saturated heterocycles. The van der Waals surface area contributed by atoms with E-state index < -0.39 is 17.5 Å². The number of amides is 1. The quantitative estimate of drug-likeness (QED) is 0.595. The molecule has 1 N–H and O–H groups in total. The first-order valence-corrected chi connectivity index (χ1v) is 8.22. The van der Waals surface area contributed by atoms with E-state index in [1.807, 2.05) is 30.3 Å². The predicted molar refractivity (Wildman–Crippen MR) is 97.4 cm³/mol. The van der Waals surface area contributed by atoms with Gasteiger partial charge in [0.25, 0.3) is 5.91 Å². The number of benzene rings is 2. The molecule has 0 aliphatic carbocycles. The predicted octanol–water partition coefficient (Wildman–Crippen LogP) is 4.01. The topological polar surface area (TPSA) is 59.8 Å². The molecular formula is C20H14F2N4O.